The van der Waals surface area contributed by atoms with Gasteiger partial charge in [-0.2, -0.15) is 5.10 Å². The van der Waals surface area contributed by atoms with E-state index in [1.165, 1.54) is 25.3 Å². The Morgan fingerprint density at radius 1 is 1.09 bits per heavy atom. The van der Waals surface area contributed by atoms with Crippen LogP contribution in [0.15, 0.2) is 60.8 Å². The van der Waals surface area contributed by atoms with Crippen molar-refractivity contribution < 1.29 is 27.4 Å². The molecule has 0 saturated heterocycles. The molecule has 0 amide bonds. The van der Waals surface area contributed by atoms with Crippen LogP contribution in [0.2, 0.25) is 0 Å². The van der Waals surface area contributed by atoms with Gasteiger partial charge in [0.2, 0.25) is 0 Å². The van der Waals surface area contributed by atoms with E-state index in [0.717, 1.165) is 16.6 Å². The van der Waals surface area contributed by atoms with Crippen LogP contribution in [0.25, 0.3) is 22.0 Å². The van der Waals surface area contributed by atoms with Gasteiger partial charge in [0.05, 0.1) is 12.6 Å². The molecule has 1 N–H and O–H groups in total. The zero-order valence-corrected chi connectivity index (χ0v) is 17.7. The van der Waals surface area contributed by atoms with E-state index in [1.807, 2.05) is 24.3 Å². The molecule has 4 aromatic rings. The number of aryl methyl sites for hydroxylation is 1. The fraction of sp³-hybridized carbons (Fsp3) is 0.174. The molecule has 0 fully saturated rings. The van der Waals surface area contributed by atoms with E-state index in [-0.39, 0.29) is 18.0 Å². The Labute approximate surface area is 186 Å². The Morgan fingerprint density at radius 3 is 2.58 bits per heavy atom. The normalized spacial score (nSPS) is 11.4. The summed E-state index contributed by atoms with van der Waals surface area (Å²) in [5.41, 5.74) is 3.31. The number of nitrogens with zero attached hydrogens (tertiary/aromatic N) is 3. The zero-order chi connectivity index (χ0) is 23.6. The molecule has 0 spiro atoms. The summed E-state index contributed by atoms with van der Waals surface area (Å²) in [4.78, 5) is 16.4. The summed E-state index contributed by atoms with van der Waals surface area (Å²) in [5.74, 6) is -0.235. The molecule has 2 aromatic heterocycles. The molecule has 7 nitrogen and oxygen atoms in total. The lowest BCUT2D eigenvalue weighted by Crippen LogP contribution is -2.17. The van der Waals surface area contributed by atoms with Crippen molar-refractivity contribution in [1.29, 1.82) is 0 Å². The number of anilines is 1. The van der Waals surface area contributed by atoms with E-state index >= 15 is 0 Å². The maximum absolute atomic E-state index is 12.4. The summed E-state index contributed by atoms with van der Waals surface area (Å²) in [6.07, 6.45) is -3.07. The van der Waals surface area contributed by atoms with E-state index in [9.17, 15) is 18.0 Å². The number of nitrogens with one attached hydrogen (secondary N) is 1. The molecular formula is C23H19F3N4O3. The second-order valence-electron chi connectivity index (χ2n) is 7.18. The minimum absolute atomic E-state index is 0.236. The van der Waals surface area contributed by atoms with Crippen LogP contribution >= 0.6 is 0 Å². The lowest BCUT2D eigenvalue weighted by atomic mass is 10.0. The van der Waals surface area contributed by atoms with E-state index in [0.29, 0.717) is 16.8 Å². The highest BCUT2D eigenvalue weighted by atomic mass is 19.4. The second kappa shape index (κ2) is 8.81. The van der Waals surface area contributed by atoms with E-state index in [1.54, 1.807) is 30.1 Å². The third kappa shape index (κ3) is 5.05. The number of aromatic nitrogens is 3. The largest absolute Gasteiger partial charge is 0.573 e. The fourth-order valence-corrected chi connectivity index (χ4v) is 3.41. The van der Waals surface area contributed by atoms with Crippen LogP contribution in [0.3, 0.4) is 0 Å². The van der Waals surface area contributed by atoms with Gasteiger partial charge >= 0.3 is 12.3 Å². The molecule has 2 heterocycles. The van der Waals surface area contributed by atoms with Gasteiger partial charge in [-0.05, 0) is 47.5 Å². The predicted molar refractivity (Wildman–Crippen MR) is 116 cm³/mol. The number of halogens is 3. The van der Waals surface area contributed by atoms with Crippen LogP contribution in [-0.2, 0) is 18.3 Å². The molecule has 0 aliphatic heterocycles. The third-order valence-corrected chi connectivity index (χ3v) is 4.93. The van der Waals surface area contributed by atoms with Crippen molar-refractivity contribution in [1.82, 2.24) is 14.8 Å². The summed E-state index contributed by atoms with van der Waals surface area (Å²) in [7, 11) is 3.06. The summed E-state index contributed by atoms with van der Waals surface area (Å²) >= 11 is 0. The topological polar surface area (TPSA) is 78.3 Å². The molecule has 2 aromatic carbocycles. The molecule has 33 heavy (non-hydrogen) atoms. The van der Waals surface area contributed by atoms with Gasteiger partial charge in [0.25, 0.3) is 0 Å². The maximum atomic E-state index is 12.4. The average Bonchev–Trinajstić information content (AvgIpc) is 3.12. The number of fused-ring (bicyclic) bond motifs is 1. The molecule has 0 saturated carbocycles. The summed E-state index contributed by atoms with van der Waals surface area (Å²) in [6.45, 7) is 0.269. The van der Waals surface area contributed by atoms with Gasteiger partial charge in [-0.1, -0.05) is 18.2 Å². The molecule has 4 rings (SSSR count). The van der Waals surface area contributed by atoms with Gasteiger partial charge in [-0.3, -0.25) is 4.68 Å². The summed E-state index contributed by atoms with van der Waals surface area (Å²) in [6, 6.07) is 15.0. The first kappa shape index (κ1) is 22.1. The zero-order valence-electron chi connectivity index (χ0n) is 17.7. The Balaban J connectivity index is 1.49. The van der Waals surface area contributed by atoms with Crippen molar-refractivity contribution in [2.45, 2.75) is 12.9 Å². The smallest absolute Gasteiger partial charge is 0.464 e. The minimum atomic E-state index is -4.74. The summed E-state index contributed by atoms with van der Waals surface area (Å²) in [5, 5.41) is 7.98. The highest BCUT2D eigenvalue weighted by Gasteiger charge is 2.31. The van der Waals surface area contributed by atoms with Gasteiger partial charge in [0.1, 0.15) is 11.6 Å². The van der Waals surface area contributed by atoms with Gasteiger partial charge in [0.15, 0.2) is 5.69 Å². The quantitative estimate of drug-likeness (QED) is 0.415. The number of carbonyl (C=O) groups is 1. The SMILES string of the molecule is COC(=O)c1nn(C)c2ccc(-c3ccc(NCc4cccc(OC(F)(F)F)c4)nc3)cc12. The monoisotopic (exact) mass is 456 g/mol. The van der Waals surface area contributed by atoms with Gasteiger partial charge in [0, 0.05) is 30.7 Å². The number of methoxy groups -OCH3 is 1. The fourth-order valence-electron chi connectivity index (χ4n) is 3.41. The van der Waals surface area contributed by atoms with Gasteiger partial charge in [-0.15, -0.1) is 13.2 Å². The number of hydrogen-bond acceptors (Lipinski definition) is 6. The van der Waals surface area contributed by atoms with E-state index < -0.39 is 12.3 Å². The number of hydrogen-bond donors (Lipinski definition) is 1. The third-order valence-electron chi connectivity index (χ3n) is 4.93. The molecule has 0 bridgehead atoms. The maximum Gasteiger partial charge on any atom is 0.573 e. The Morgan fingerprint density at radius 2 is 1.88 bits per heavy atom. The van der Waals surface area contributed by atoms with Crippen molar-refractivity contribution in [3.05, 3.63) is 72.1 Å². The standard InChI is InChI=1S/C23H19F3N4O3/c1-30-19-8-6-15(11-18(19)21(29-30)22(31)32-2)16-7-9-20(28-13-16)27-12-14-4-3-5-17(10-14)33-23(24,25)26/h3-11,13H,12H2,1-2H3,(H,27,28). The minimum Gasteiger partial charge on any atom is -0.464 e. The van der Waals surface area contributed by atoms with Gasteiger partial charge < -0.3 is 14.8 Å². The number of pyridine rings is 1. The first-order valence-corrected chi connectivity index (χ1v) is 9.83. The molecule has 170 valence electrons. The number of carbonyl (C=O) groups excluding carboxylic acids is 1. The Kier molecular flexibility index (Phi) is 5.91. The molecule has 0 aliphatic rings. The molecule has 0 atom stereocenters. The molecular weight excluding hydrogens is 437 g/mol. The van der Waals surface area contributed by atoms with Crippen molar-refractivity contribution in [2.24, 2.45) is 7.05 Å². The predicted octanol–water partition coefficient (Wildman–Crippen LogP) is 4.93. The van der Waals surface area contributed by atoms with E-state index in [2.05, 4.69) is 20.1 Å². The van der Waals surface area contributed by atoms with E-state index in [4.69, 9.17) is 4.74 Å². The van der Waals surface area contributed by atoms with Crippen LogP contribution in [0.4, 0.5) is 19.0 Å². The number of ether oxygens (including phenoxy) is 2. The number of alkyl halides is 3. The molecule has 10 heteroatoms. The first-order chi connectivity index (χ1) is 15.7. The number of benzene rings is 2. The number of rotatable bonds is 6. The highest BCUT2D eigenvalue weighted by Crippen LogP contribution is 2.27. The second-order valence-corrected chi connectivity index (χ2v) is 7.18. The van der Waals surface area contributed by atoms with Crippen LogP contribution in [0.1, 0.15) is 16.1 Å². The Bertz CT molecular complexity index is 1300. The van der Waals surface area contributed by atoms with Crippen molar-refractivity contribution in [2.75, 3.05) is 12.4 Å². The summed E-state index contributed by atoms with van der Waals surface area (Å²) < 4.78 is 47.6. The Hall–Kier alpha value is -4.08. The van der Waals surface area contributed by atoms with Crippen molar-refractivity contribution >= 4 is 22.7 Å². The van der Waals surface area contributed by atoms with Crippen LogP contribution in [0, 0.1) is 0 Å². The van der Waals surface area contributed by atoms with Crippen LogP contribution in [0.5, 0.6) is 5.75 Å². The lowest BCUT2D eigenvalue weighted by molar-refractivity contribution is -0.274. The van der Waals surface area contributed by atoms with Crippen molar-refractivity contribution in [3.63, 3.8) is 0 Å². The van der Waals surface area contributed by atoms with Crippen LogP contribution in [-0.4, -0.2) is 34.2 Å². The first-order valence-electron chi connectivity index (χ1n) is 9.83. The van der Waals surface area contributed by atoms with Gasteiger partial charge in [-0.25, -0.2) is 9.78 Å². The van der Waals surface area contributed by atoms with Crippen LogP contribution < -0.4 is 10.1 Å². The average molecular weight is 456 g/mol. The molecule has 0 radical (unpaired) electrons. The van der Waals surface area contributed by atoms with Crippen molar-refractivity contribution in [3.8, 4) is 16.9 Å². The lowest BCUT2D eigenvalue weighted by Gasteiger charge is -2.11. The molecule has 0 aliphatic carbocycles. The molecule has 0 unspecified atom stereocenters. The number of esters is 1. The highest BCUT2D eigenvalue weighted by molar-refractivity contribution is 6.03.